The van der Waals surface area contributed by atoms with E-state index in [1.807, 2.05) is 0 Å². The number of aromatic nitrogens is 5. The number of H-pyrrole nitrogens is 1. The number of carbonyl (C=O) groups is 1. The SMILES string of the molecule is O=C(NCCc1noc([C@H]2CCCO2)n1)c1ccc2n[nH]nc2c1. The second kappa shape index (κ2) is 6.36. The third-order valence-electron chi connectivity index (χ3n) is 3.90. The molecule has 124 valence electrons. The van der Waals surface area contributed by atoms with E-state index in [9.17, 15) is 4.79 Å². The summed E-state index contributed by atoms with van der Waals surface area (Å²) in [4.78, 5) is 16.5. The van der Waals surface area contributed by atoms with E-state index >= 15 is 0 Å². The number of rotatable bonds is 5. The van der Waals surface area contributed by atoms with Crippen LogP contribution in [-0.4, -0.2) is 44.6 Å². The average molecular weight is 328 g/mol. The first-order valence-corrected chi connectivity index (χ1v) is 7.82. The van der Waals surface area contributed by atoms with Crippen LogP contribution in [-0.2, 0) is 11.2 Å². The second-order valence-corrected chi connectivity index (χ2v) is 5.58. The van der Waals surface area contributed by atoms with Crippen molar-refractivity contribution in [3.05, 3.63) is 35.5 Å². The predicted molar refractivity (Wildman–Crippen MR) is 82.2 cm³/mol. The van der Waals surface area contributed by atoms with Gasteiger partial charge in [0.05, 0.1) is 0 Å². The minimum Gasteiger partial charge on any atom is -0.368 e. The fourth-order valence-corrected chi connectivity index (χ4v) is 2.64. The summed E-state index contributed by atoms with van der Waals surface area (Å²) in [5.74, 6) is 0.904. The Labute approximate surface area is 136 Å². The molecule has 1 aliphatic heterocycles. The number of aromatic amines is 1. The highest BCUT2D eigenvalue weighted by molar-refractivity contribution is 5.97. The van der Waals surface area contributed by atoms with Gasteiger partial charge in [-0.1, -0.05) is 5.16 Å². The Kier molecular flexibility index (Phi) is 3.91. The van der Waals surface area contributed by atoms with Gasteiger partial charge in [0.1, 0.15) is 17.1 Å². The van der Waals surface area contributed by atoms with Crippen molar-refractivity contribution >= 4 is 16.9 Å². The number of amides is 1. The summed E-state index contributed by atoms with van der Waals surface area (Å²) in [7, 11) is 0. The zero-order valence-corrected chi connectivity index (χ0v) is 12.9. The topological polar surface area (TPSA) is 119 Å². The summed E-state index contributed by atoms with van der Waals surface area (Å²) in [5.41, 5.74) is 1.91. The Morgan fingerprint density at radius 3 is 3.12 bits per heavy atom. The molecule has 0 unspecified atom stereocenters. The maximum absolute atomic E-state index is 12.2. The molecular weight excluding hydrogens is 312 g/mol. The highest BCUT2D eigenvalue weighted by atomic mass is 16.5. The largest absolute Gasteiger partial charge is 0.368 e. The summed E-state index contributed by atoms with van der Waals surface area (Å²) < 4.78 is 10.7. The number of ether oxygens (including phenoxy) is 1. The summed E-state index contributed by atoms with van der Waals surface area (Å²) in [6.07, 6.45) is 2.32. The van der Waals surface area contributed by atoms with Crippen LogP contribution in [0.15, 0.2) is 22.7 Å². The maximum atomic E-state index is 12.2. The number of hydrogen-bond donors (Lipinski definition) is 2. The van der Waals surface area contributed by atoms with Crippen LogP contribution < -0.4 is 5.32 Å². The number of carbonyl (C=O) groups excluding carboxylic acids is 1. The van der Waals surface area contributed by atoms with Gasteiger partial charge in [0.15, 0.2) is 5.82 Å². The van der Waals surface area contributed by atoms with Crippen LogP contribution >= 0.6 is 0 Å². The van der Waals surface area contributed by atoms with Gasteiger partial charge in [0.2, 0.25) is 0 Å². The van der Waals surface area contributed by atoms with Gasteiger partial charge in [-0.15, -0.1) is 0 Å². The van der Waals surface area contributed by atoms with Crippen LogP contribution in [0.25, 0.3) is 11.0 Å². The van der Waals surface area contributed by atoms with Crippen molar-refractivity contribution in [2.45, 2.75) is 25.4 Å². The average Bonchev–Trinajstić information content (AvgIpc) is 3.34. The summed E-state index contributed by atoms with van der Waals surface area (Å²) in [6.45, 7) is 1.15. The van der Waals surface area contributed by atoms with Gasteiger partial charge in [0.25, 0.3) is 11.8 Å². The van der Waals surface area contributed by atoms with E-state index in [0.29, 0.717) is 35.8 Å². The molecular formula is C15H16N6O3. The first-order chi connectivity index (χ1) is 11.8. The normalized spacial score (nSPS) is 17.4. The molecule has 0 radical (unpaired) electrons. The molecule has 9 nitrogen and oxygen atoms in total. The van der Waals surface area contributed by atoms with Crippen LogP contribution in [0.5, 0.6) is 0 Å². The van der Waals surface area contributed by atoms with E-state index in [2.05, 4.69) is 30.9 Å². The zero-order chi connectivity index (χ0) is 16.4. The van der Waals surface area contributed by atoms with E-state index < -0.39 is 0 Å². The molecule has 0 spiro atoms. The number of hydrogen-bond acceptors (Lipinski definition) is 7. The standard InChI is InChI=1S/C15H16N6O3/c22-14(9-3-4-10-11(8-9)19-21-18-10)16-6-5-13-17-15(24-20-13)12-2-1-7-23-12/h3-4,8,12H,1-2,5-7H2,(H,16,22)(H,18,19,21)/t12-/m1/s1. The Morgan fingerprint density at radius 1 is 1.33 bits per heavy atom. The van der Waals surface area contributed by atoms with Crippen molar-refractivity contribution in [3.8, 4) is 0 Å². The smallest absolute Gasteiger partial charge is 0.255 e. The molecule has 24 heavy (non-hydrogen) atoms. The number of nitrogens with zero attached hydrogens (tertiary/aromatic N) is 4. The molecule has 0 bridgehead atoms. The molecule has 0 aliphatic carbocycles. The first kappa shape index (κ1) is 14.8. The molecule has 9 heteroatoms. The molecule has 1 amide bonds. The van der Waals surface area contributed by atoms with E-state index in [4.69, 9.17) is 9.26 Å². The van der Waals surface area contributed by atoms with Crippen molar-refractivity contribution in [3.63, 3.8) is 0 Å². The Morgan fingerprint density at radius 2 is 2.25 bits per heavy atom. The lowest BCUT2D eigenvalue weighted by molar-refractivity contribution is 0.0835. The van der Waals surface area contributed by atoms with Crippen molar-refractivity contribution in [2.24, 2.45) is 0 Å². The molecule has 1 saturated heterocycles. The minimum absolute atomic E-state index is 0.0879. The summed E-state index contributed by atoms with van der Waals surface area (Å²) >= 11 is 0. The highest BCUT2D eigenvalue weighted by Crippen LogP contribution is 2.26. The number of benzene rings is 1. The Hall–Kier alpha value is -2.81. The van der Waals surface area contributed by atoms with Crippen molar-refractivity contribution < 1.29 is 14.1 Å². The predicted octanol–water partition coefficient (Wildman–Crippen LogP) is 1.16. The van der Waals surface area contributed by atoms with Gasteiger partial charge in [-0.25, -0.2) is 0 Å². The van der Waals surface area contributed by atoms with Crippen LogP contribution in [0.1, 0.15) is 41.0 Å². The van der Waals surface area contributed by atoms with Gasteiger partial charge in [-0.3, -0.25) is 4.79 Å². The van der Waals surface area contributed by atoms with Gasteiger partial charge in [-0.2, -0.15) is 20.4 Å². The zero-order valence-electron chi connectivity index (χ0n) is 12.9. The second-order valence-electron chi connectivity index (χ2n) is 5.58. The maximum Gasteiger partial charge on any atom is 0.255 e. The monoisotopic (exact) mass is 328 g/mol. The molecule has 1 aliphatic rings. The Balaban J connectivity index is 1.32. The van der Waals surface area contributed by atoms with Crippen molar-refractivity contribution in [1.29, 1.82) is 0 Å². The van der Waals surface area contributed by atoms with Gasteiger partial charge >= 0.3 is 0 Å². The molecule has 3 heterocycles. The van der Waals surface area contributed by atoms with E-state index in [0.717, 1.165) is 25.0 Å². The first-order valence-electron chi connectivity index (χ1n) is 7.82. The molecule has 4 rings (SSSR count). The van der Waals surface area contributed by atoms with Crippen LogP contribution in [0.4, 0.5) is 0 Å². The highest BCUT2D eigenvalue weighted by Gasteiger charge is 2.23. The van der Waals surface area contributed by atoms with E-state index in [1.54, 1.807) is 18.2 Å². The fourth-order valence-electron chi connectivity index (χ4n) is 2.64. The molecule has 2 N–H and O–H groups in total. The summed E-state index contributed by atoms with van der Waals surface area (Å²) in [5, 5.41) is 17.2. The molecule has 1 fully saturated rings. The number of nitrogens with one attached hydrogen (secondary N) is 2. The van der Waals surface area contributed by atoms with E-state index in [1.165, 1.54) is 0 Å². The lowest BCUT2D eigenvalue weighted by atomic mass is 10.2. The van der Waals surface area contributed by atoms with Crippen LogP contribution in [0.2, 0.25) is 0 Å². The Bertz CT molecular complexity index is 852. The fraction of sp³-hybridized carbons (Fsp3) is 0.400. The molecule has 0 saturated carbocycles. The lowest BCUT2D eigenvalue weighted by Gasteiger charge is -2.03. The molecule has 2 aromatic heterocycles. The van der Waals surface area contributed by atoms with Crippen molar-refractivity contribution in [1.82, 2.24) is 30.9 Å². The minimum atomic E-state index is -0.178. The lowest BCUT2D eigenvalue weighted by Crippen LogP contribution is -2.25. The molecule has 3 aromatic rings. The van der Waals surface area contributed by atoms with E-state index in [-0.39, 0.29) is 12.0 Å². The van der Waals surface area contributed by atoms with Gasteiger partial charge in [0, 0.05) is 25.1 Å². The molecule has 1 aromatic carbocycles. The van der Waals surface area contributed by atoms with Crippen molar-refractivity contribution in [2.75, 3.05) is 13.2 Å². The third-order valence-corrected chi connectivity index (χ3v) is 3.90. The third kappa shape index (κ3) is 2.98. The van der Waals surface area contributed by atoms with Crippen LogP contribution in [0.3, 0.4) is 0 Å². The van der Waals surface area contributed by atoms with Gasteiger partial charge in [-0.05, 0) is 31.0 Å². The number of fused-ring (bicyclic) bond motifs is 1. The van der Waals surface area contributed by atoms with Gasteiger partial charge < -0.3 is 14.6 Å². The quantitative estimate of drug-likeness (QED) is 0.721. The summed E-state index contributed by atoms with van der Waals surface area (Å²) in [6, 6.07) is 5.16. The molecule has 1 atom stereocenters. The van der Waals surface area contributed by atoms with Crippen LogP contribution in [0, 0.1) is 0 Å².